The summed E-state index contributed by atoms with van der Waals surface area (Å²) in [5.74, 6) is 1.01. The zero-order valence-corrected chi connectivity index (χ0v) is 18.4. The number of aromatic nitrogens is 1. The Morgan fingerprint density at radius 2 is 1.70 bits per heavy atom. The van der Waals surface area contributed by atoms with Gasteiger partial charge in [0.05, 0.1) is 30.3 Å². The van der Waals surface area contributed by atoms with E-state index >= 15 is 0 Å². The largest absolute Gasteiger partial charge is 0.376 e. The summed E-state index contributed by atoms with van der Waals surface area (Å²) in [5, 5.41) is 2.10. The van der Waals surface area contributed by atoms with Crippen molar-refractivity contribution in [3.05, 3.63) is 16.6 Å². The third-order valence-corrected chi connectivity index (χ3v) is 8.05. The Kier molecular flexibility index (Phi) is 6.07. The molecule has 7 nitrogen and oxygen atoms in total. The van der Waals surface area contributed by atoms with E-state index in [1.807, 2.05) is 15.3 Å². The quantitative estimate of drug-likeness (QED) is 0.688. The van der Waals surface area contributed by atoms with E-state index in [1.54, 1.807) is 11.3 Å². The van der Waals surface area contributed by atoms with E-state index in [4.69, 9.17) is 4.74 Å². The summed E-state index contributed by atoms with van der Waals surface area (Å²) in [7, 11) is 0. The molecule has 4 fully saturated rings. The molecular formula is C22H32N4O3S. The SMILES string of the molecule is O=C(C[C@@H]1CN(Cc2cscn2)[C@@H]2CO[C@@H](CC(=O)N3CCCC3)[C@H]12)N1CCCC1. The molecule has 5 heterocycles. The van der Waals surface area contributed by atoms with Gasteiger partial charge in [-0.15, -0.1) is 11.3 Å². The lowest BCUT2D eigenvalue weighted by Gasteiger charge is -2.26. The van der Waals surface area contributed by atoms with Crippen molar-refractivity contribution in [1.82, 2.24) is 19.7 Å². The summed E-state index contributed by atoms with van der Waals surface area (Å²) in [6, 6.07) is 0.277. The summed E-state index contributed by atoms with van der Waals surface area (Å²) < 4.78 is 6.21. The van der Waals surface area contributed by atoms with Gasteiger partial charge in [0.1, 0.15) is 0 Å². The van der Waals surface area contributed by atoms with Crippen molar-refractivity contribution in [2.24, 2.45) is 11.8 Å². The van der Waals surface area contributed by atoms with Crippen LogP contribution in [0.25, 0.3) is 0 Å². The minimum Gasteiger partial charge on any atom is -0.376 e. The molecule has 4 aliphatic rings. The Morgan fingerprint density at radius 3 is 2.33 bits per heavy atom. The molecule has 0 aromatic carbocycles. The van der Waals surface area contributed by atoms with Crippen LogP contribution < -0.4 is 0 Å². The van der Waals surface area contributed by atoms with E-state index in [9.17, 15) is 9.59 Å². The first-order chi connectivity index (χ1) is 14.7. The fourth-order valence-corrected chi connectivity index (χ4v) is 6.46. The highest BCUT2D eigenvalue weighted by molar-refractivity contribution is 7.07. The molecule has 4 aliphatic heterocycles. The predicted molar refractivity (Wildman–Crippen MR) is 114 cm³/mol. The number of carbonyl (C=O) groups is 2. The van der Waals surface area contributed by atoms with Crippen LogP contribution in [-0.4, -0.2) is 83.0 Å². The summed E-state index contributed by atoms with van der Waals surface area (Å²) in [6.45, 7) is 5.91. The van der Waals surface area contributed by atoms with Crippen molar-refractivity contribution < 1.29 is 14.3 Å². The maximum atomic E-state index is 12.9. The molecular weight excluding hydrogens is 400 g/mol. The number of rotatable bonds is 6. The monoisotopic (exact) mass is 432 g/mol. The van der Waals surface area contributed by atoms with Gasteiger partial charge in [-0.05, 0) is 31.6 Å². The van der Waals surface area contributed by atoms with Crippen LogP contribution >= 0.6 is 11.3 Å². The normalized spacial score (nSPS) is 31.6. The molecule has 164 valence electrons. The number of amides is 2. The lowest BCUT2D eigenvalue weighted by molar-refractivity contribution is -0.133. The van der Waals surface area contributed by atoms with Gasteiger partial charge in [-0.1, -0.05) is 0 Å². The van der Waals surface area contributed by atoms with Crippen LogP contribution in [0.3, 0.4) is 0 Å². The number of fused-ring (bicyclic) bond motifs is 1. The van der Waals surface area contributed by atoms with E-state index in [2.05, 4.69) is 15.3 Å². The number of nitrogens with zero attached hydrogens (tertiary/aromatic N) is 4. The summed E-state index contributed by atoms with van der Waals surface area (Å²) in [6.07, 6.45) is 5.42. The molecule has 5 rings (SSSR count). The van der Waals surface area contributed by atoms with Crippen molar-refractivity contribution >= 4 is 23.2 Å². The number of carbonyl (C=O) groups excluding carboxylic acids is 2. The van der Waals surface area contributed by atoms with Crippen LogP contribution in [0.1, 0.15) is 44.2 Å². The third kappa shape index (κ3) is 4.14. The molecule has 0 saturated carbocycles. The van der Waals surface area contributed by atoms with E-state index < -0.39 is 0 Å². The molecule has 30 heavy (non-hydrogen) atoms. The Hall–Kier alpha value is -1.51. The Morgan fingerprint density at radius 1 is 1.03 bits per heavy atom. The molecule has 0 aliphatic carbocycles. The van der Waals surface area contributed by atoms with Crippen LogP contribution in [0.5, 0.6) is 0 Å². The predicted octanol–water partition coefficient (Wildman–Crippen LogP) is 1.98. The molecule has 0 N–H and O–H groups in total. The molecule has 0 spiro atoms. The average molecular weight is 433 g/mol. The second-order valence-electron chi connectivity index (χ2n) is 9.27. The topological polar surface area (TPSA) is 66.0 Å². The number of ether oxygens (including phenoxy) is 1. The Bertz CT molecular complexity index is 746. The highest BCUT2D eigenvalue weighted by Crippen LogP contribution is 2.42. The molecule has 0 bridgehead atoms. The van der Waals surface area contributed by atoms with Crippen LogP contribution in [0.2, 0.25) is 0 Å². The van der Waals surface area contributed by atoms with Crippen molar-refractivity contribution in [3.8, 4) is 0 Å². The number of hydrogen-bond acceptors (Lipinski definition) is 6. The first-order valence-electron chi connectivity index (χ1n) is 11.5. The molecule has 1 aromatic heterocycles. The van der Waals surface area contributed by atoms with Crippen LogP contribution in [-0.2, 0) is 20.9 Å². The van der Waals surface area contributed by atoms with Crippen LogP contribution in [0, 0.1) is 11.8 Å². The Labute approximate surface area is 182 Å². The molecule has 4 atom stereocenters. The molecule has 0 radical (unpaired) electrons. The van der Waals surface area contributed by atoms with E-state index in [0.29, 0.717) is 19.4 Å². The lowest BCUT2D eigenvalue weighted by Crippen LogP contribution is -2.37. The minimum absolute atomic E-state index is 0.0695. The lowest BCUT2D eigenvalue weighted by atomic mass is 9.84. The van der Waals surface area contributed by atoms with E-state index in [-0.39, 0.29) is 35.8 Å². The second kappa shape index (κ2) is 8.93. The standard InChI is InChI=1S/C22H32N4O3S/c27-20(24-5-1-2-6-24)9-16-11-26(12-17-14-30-15-23-17)18-13-29-19(22(16)18)10-21(28)25-7-3-4-8-25/h14-16,18-19,22H,1-13H2/t16-,18-,19+,22-/m1/s1. The number of hydrogen-bond donors (Lipinski definition) is 0. The Balaban J connectivity index is 1.29. The molecule has 0 unspecified atom stereocenters. The first kappa shape index (κ1) is 20.4. The van der Waals surface area contributed by atoms with Gasteiger partial charge < -0.3 is 14.5 Å². The van der Waals surface area contributed by atoms with Crippen molar-refractivity contribution in [1.29, 1.82) is 0 Å². The first-order valence-corrected chi connectivity index (χ1v) is 12.4. The smallest absolute Gasteiger partial charge is 0.225 e. The van der Waals surface area contributed by atoms with Crippen molar-refractivity contribution in [2.75, 3.05) is 39.3 Å². The van der Waals surface area contributed by atoms with Gasteiger partial charge in [-0.2, -0.15) is 0 Å². The number of likely N-dealkylation sites (tertiary alicyclic amines) is 3. The average Bonchev–Trinajstić information content (AvgIpc) is 3.55. The van der Waals surface area contributed by atoms with Gasteiger partial charge >= 0.3 is 0 Å². The van der Waals surface area contributed by atoms with Crippen LogP contribution in [0.15, 0.2) is 10.9 Å². The zero-order chi connectivity index (χ0) is 20.5. The van der Waals surface area contributed by atoms with Gasteiger partial charge in [0, 0.05) is 63.0 Å². The summed E-state index contributed by atoms with van der Waals surface area (Å²) >= 11 is 1.62. The molecule has 8 heteroatoms. The minimum atomic E-state index is -0.0695. The maximum Gasteiger partial charge on any atom is 0.225 e. The second-order valence-corrected chi connectivity index (χ2v) is 9.99. The highest BCUT2D eigenvalue weighted by Gasteiger charge is 2.51. The van der Waals surface area contributed by atoms with Gasteiger partial charge in [-0.25, -0.2) is 4.98 Å². The highest BCUT2D eigenvalue weighted by atomic mass is 32.1. The molecule has 4 saturated heterocycles. The fraction of sp³-hybridized carbons (Fsp3) is 0.773. The van der Waals surface area contributed by atoms with E-state index in [0.717, 1.165) is 70.6 Å². The molecule has 1 aromatic rings. The van der Waals surface area contributed by atoms with Crippen molar-refractivity contribution in [3.63, 3.8) is 0 Å². The number of thiazole rings is 1. The van der Waals surface area contributed by atoms with Crippen LogP contribution in [0.4, 0.5) is 0 Å². The van der Waals surface area contributed by atoms with Gasteiger partial charge in [0.2, 0.25) is 11.8 Å². The summed E-state index contributed by atoms with van der Waals surface area (Å²) in [5.41, 5.74) is 2.96. The van der Waals surface area contributed by atoms with Gasteiger partial charge in [0.15, 0.2) is 0 Å². The molecule has 2 amide bonds. The maximum absolute atomic E-state index is 12.9. The summed E-state index contributed by atoms with van der Waals surface area (Å²) in [4.78, 5) is 36.7. The van der Waals surface area contributed by atoms with Crippen molar-refractivity contribution in [2.45, 2.75) is 57.2 Å². The fourth-order valence-electron chi connectivity index (χ4n) is 5.91. The van der Waals surface area contributed by atoms with Gasteiger partial charge in [0.25, 0.3) is 0 Å². The van der Waals surface area contributed by atoms with Gasteiger partial charge in [-0.3, -0.25) is 14.5 Å². The van der Waals surface area contributed by atoms with E-state index in [1.165, 1.54) is 0 Å². The third-order valence-electron chi connectivity index (χ3n) is 7.42. The zero-order valence-electron chi connectivity index (χ0n) is 17.6.